The van der Waals surface area contributed by atoms with Gasteiger partial charge in [0.05, 0.1) is 4.47 Å². The van der Waals surface area contributed by atoms with Crippen LogP contribution in [-0.4, -0.2) is 9.97 Å². The number of hydrogen-bond donors (Lipinski definition) is 0. The van der Waals surface area contributed by atoms with Crippen molar-refractivity contribution in [2.45, 2.75) is 29.7 Å². The van der Waals surface area contributed by atoms with Crippen LogP contribution < -0.4 is 0 Å². The van der Waals surface area contributed by atoms with E-state index in [2.05, 4.69) is 64.0 Å². The zero-order valence-corrected chi connectivity index (χ0v) is 13.2. The Hall–Kier alpha value is -0.580. The highest BCUT2D eigenvalue weighted by atomic mass is 79.9. The number of aromatic nitrogens is 2. The number of hydrogen-bond acceptors (Lipinski definition) is 3. The second kappa shape index (κ2) is 6.04. The molecule has 0 saturated heterocycles. The van der Waals surface area contributed by atoms with Crippen molar-refractivity contribution < 1.29 is 0 Å². The van der Waals surface area contributed by atoms with Crippen LogP contribution in [-0.2, 0) is 0 Å². The smallest absolute Gasteiger partial charge is 0.147 e. The second-order valence-electron chi connectivity index (χ2n) is 4.11. The highest BCUT2D eigenvalue weighted by molar-refractivity contribution is 9.10. The molecule has 0 radical (unpaired) electrons. The molecule has 94 valence electrons. The molecule has 0 unspecified atom stereocenters. The Balaban J connectivity index is 2.21. The largest absolute Gasteiger partial charge is 0.228 e. The van der Waals surface area contributed by atoms with Gasteiger partial charge in [-0.1, -0.05) is 49.3 Å². The average Bonchev–Trinajstić information content (AvgIpc) is 2.36. The van der Waals surface area contributed by atoms with Crippen LogP contribution in [0.25, 0.3) is 0 Å². The molecule has 0 fully saturated rings. The summed E-state index contributed by atoms with van der Waals surface area (Å²) in [5.74, 6) is 0.546. The SMILES string of the molecule is CC(C)c1ccc(Sc2ncnc(Cl)c2Br)cc1. The molecule has 0 spiro atoms. The van der Waals surface area contributed by atoms with Crippen molar-refractivity contribution in [3.05, 3.63) is 45.8 Å². The van der Waals surface area contributed by atoms with Gasteiger partial charge in [0.1, 0.15) is 16.5 Å². The molecule has 1 heterocycles. The Morgan fingerprint density at radius 1 is 1.17 bits per heavy atom. The molecule has 1 aromatic heterocycles. The summed E-state index contributed by atoms with van der Waals surface area (Å²) in [6.45, 7) is 4.37. The molecule has 0 aliphatic heterocycles. The molecule has 0 aliphatic carbocycles. The third kappa shape index (κ3) is 3.25. The normalized spacial score (nSPS) is 10.9. The van der Waals surface area contributed by atoms with E-state index in [1.54, 1.807) is 11.8 Å². The van der Waals surface area contributed by atoms with E-state index in [0.717, 1.165) is 14.4 Å². The molecular formula is C13H12BrClN2S. The van der Waals surface area contributed by atoms with Gasteiger partial charge >= 0.3 is 0 Å². The standard InChI is InChI=1S/C13H12BrClN2S/c1-8(2)9-3-5-10(6-4-9)18-13-11(14)12(15)16-7-17-13/h3-8H,1-2H3. The van der Waals surface area contributed by atoms with Crippen molar-refractivity contribution >= 4 is 39.3 Å². The van der Waals surface area contributed by atoms with Crippen LogP contribution in [0.15, 0.2) is 45.0 Å². The van der Waals surface area contributed by atoms with Crippen LogP contribution in [0.4, 0.5) is 0 Å². The number of benzene rings is 1. The second-order valence-corrected chi connectivity index (χ2v) is 6.32. The minimum Gasteiger partial charge on any atom is -0.228 e. The van der Waals surface area contributed by atoms with Gasteiger partial charge in [-0.2, -0.15) is 0 Å². The van der Waals surface area contributed by atoms with Gasteiger partial charge in [0, 0.05) is 4.90 Å². The molecule has 0 aliphatic rings. The summed E-state index contributed by atoms with van der Waals surface area (Å²) < 4.78 is 0.740. The number of nitrogens with zero attached hydrogens (tertiary/aromatic N) is 2. The van der Waals surface area contributed by atoms with E-state index in [1.807, 2.05) is 0 Å². The van der Waals surface area contributed by atoms with Crippen molar-refractivity contribution in [2.75, 3.05) is 0 Å². The Morgan fingerprint density at radius 3 is 2.44 bits per heavy atom. The van der Waals surface area contributed by atoms with Crippen molar-refractivity contribution in [1.82, 2.24) is 9.97 Å². The molecule has 2 rings (SSSR count). The Bertz CT molecular complexity index is 543. The number of halogens is 2. The first-order chi connectivity index (χ1) is 8.58. The molecule has 1 aromatic carbocycles. The highest BCUT2D eigenvalue weighted by Gasteiger charge is 2.08. The van der Waals surface area contributed by atoms with E-state index < -0.39 is 0 Å². The lowest BCUT2D eigenvalue weighted by atomic mass is 10.0. The maximum atomic E-state index is 5.94. The third-order valence-corrected chi connectivity index (χ3v) is 5.02. The fraction of sp³-hybridized carbons (Fsp3) is 0.231. The quantitative estimate of drug-likeness (QED) is 0.719. The van der Waals surface area contributed by atoms with E-state index in [4.69, 9.17) is 11.6 Å². The molecule has 0 bridgehead atoms. The maximum Gasteiger partial charge on any atom is 0.147 e. The first kappa shape index (κ1) is 13.8. The van der Waals surface area contributed by atoms with E-state index >= 15 is 0 Å². The van der Waals surface area contributed by atoms with E-state index in [-0.39, 0.29) is 0 Å². The third-order valence-electron chi connectivity index (χ3n) is 2.48. The molecular weight excluding hydrogens is 332 g/mol. The lowest BCUT2D eigenvalue weighted by molar-refractivity contribution is 0.865. The highest BCUT2D eigenvalue weighted by Crippen LogP contribution is 2.34. The monoisotopic (exact) mass is 342 g/mol. The minimum absolute atomic E-state index is 0.436. The van der Waals surface area contributed by atoms with Gasteiger partial charge in [-0.05, 0) is 39.5 Å². The van der Waals surface area contributed by atoms with Gasteiger partial charge in [-0.3, -0.25) is 0 Å². The maximum absolute atomic E-state index is 5.94. The van der Waals surface area contributed by atoms with Crippen LogP contribution >= 0.6 is 39.3 Å². The summed E-state index contributed by atoms with van der Waals surface area (Å²) in [4.78, 5) is 9.26. The zero-order chi connectivity index (χ0) is 13.1. The Kier molecular flexibility index (Phi) is 4.65. The lowest BCUT2D eigenvalue weighted by Crippen LogP contribution is -1.88. The van der Waals surface area contributed by atoms with Crippen molar-refractivity contribution in [3.63, 3.8) is 0 Å². The summed E-state index contributed by atoms with van der Waals surface area (Å²) in [5, 5.41) is 1.26. The summed E-state index contributed by atoms with van der Waals surface area (Å²) in [5.41, 5.74) is 1.33. The average molecular weight is 344 g/mol. The Labute approximate surface area is 124 Å². The van der Waals surface area contributed by atoms with Crippen molar-refractivity contribution in [2.24, 2.45) is 0 Å². The summed E-state index contributed by atoms with van der Waals surface area (Å²) in [6.07, 6.45) is 1.47. The predicted molar refractivity (Wildman–Crippen MR) is 79.4 cm³/mol. The van der Waals surface area contributed by atoms with Gasteiger partial charge in [-0.25, -0.2) is 9.97 Å². The van der Waals surface area contributed by atoms with E-state index in [9.17, 15) is 0 Å². The molecule has 5 heteroatoms. The fourth-order valence-corrected chi connectivity index (χ4v) is 2.86. The molecule has 0 amide bonds. The molecule has 2 aromatic rings. The summed E-state index contributed by atoms with van der Waals surface area (Å²) in [7, 11) is 0. The van der Waals surface area contributed by atoms with Crippen LogP contribution in [0.5, 0.6) is 0 Å². The van der Waals surface area contributed by atoms with Gasteiger partial charge in [0.25, 0.3) is 0 Å². The van der Waals surface area contributed by atoms with Crippen LogP contribution in [0.3, 0.4) is 0 Å². The van der Waals surface area contributed by atoms with E-state index in [0.29, 0.717) is 11.1 Å². The van der Waals surface area contributed by atoms with Crippen molar-refractivity contribution in [1.29, 1.82) is 0 Å². The molecule has 2 nitrogen and oxygen atoms in total. The fourth-order valence-electron chi connectivity index (χ4n) is 1.44. The summed E-state index contributed by atoms with van der Waals surface area (Å²) in [6, 6.07) is 8.48. The minimum atomic E-state index is 0.436. The predicted octanol–water partition coefficient (Wildman–Crippen LogP) is 5.17. The first-order valence-electron chi connectivity index (χ1n) is 5.51. The molecule has 0 saturated carbocycles. The topological polar surface area (TPSA) is 25.8 Å². The van der Waals surface area contributed by atoms with Gasteiger partial charge in [0.15, 0.2) is 0 Å². The lowest BCUT2D eigenvalue weighted by Gasteiger charge is -2.07. The molecule has 0 N–H and O–H groups in total. The molecule has 18 heavy (non-hydrogen) atoms. The first-order valence-corrected chi connectivity index (χ1v) is 7.50. The van der Waals surface area contributed by atoms with Gasteiger partial charge in [-0.15, -0.1) is 0 Å². The Morgan fingerprint density at radius 2 is 1.83 bits per heavy atom. The zero-order valence-electron chi connectivity index (χ0n) is 10.0. The van der Waals surface area contributed by atoms with Crippen LogP contribution in [0.1, 0.15) is 25.3 Å². The van der Waals surface area contributed by atoms with Gasteiger partial charge < -0.3 is 0 Å². The van der Waals surface area contributed by atoms with Gasteiger partial charge in [0.2, 0.25) is 0 Å². The summed E-state index contributed by atoms with van der Waals surface area (Å²) >= 11 is 10.9. The van der Waals surface area contributed by atoms with Crippen LogP contribution in [0.2, 0.25) is 5.15 Å². The van der Waals surface area contributed by atoms with Crippen molar-refractivity contribution in [3.8, 4) is 0 Å². The van der Waals surface area contributed by atoms with Crippen LogP contribution in [0, 0.1) is 0 Å². The molecule has 0 atom stereocenters. The number of rotatable bonds is 3. The van der Waals surface area contributed by atoms with E-state index in [1.165, 1.54) is 11.9 Å².